The van der Waals surface area contributed by atoms with Crippen molar-refractivity contribution in [1.82, 2.24) is 4.90 Å². The Morgan fingerprint density at radius 1 is 1.67 bits per heavy atom. The summed E-state index contributed by atoms with van der Waals surface area (Å²) in [6.07, 6.45) is -0.431. The Hall–Kier alpha value is -1.03. The van der Waals surface area contributed by atoms with Gasteiger partial charge in [-0.3, -0.25) is 4.90 Å². The number of aliphatic hydroxyl groups excluding tert-OH is 1. The fraction of sp³-hybridized carbons (Fsp3) is 0.625. The molecule has 1 amide bonds. The van der Waals surface area contributed by atoms with Gasteiger partial charge in [-0.05, 0) is 13.8 Å². The van der Waals surface area contributed by atoms with Crippen molar-refractivity contribution < 1.29 is 14.6 Å². The highest BCUT2D eigenvalue weighted by molar-refractivity contribution is 5.74. The molecule has 0 atom stereocenters. The van der Waals surface area contributed by atoms with E-state index in [1.54, 1.807) is 13.8 Å². The molecule has 0 aromatic heterocycles. The lowest BCUT2D eigenvalue weighted by molar-refractivity contribution is 0.0925. The molecule has 0 aromatic carbocycles. The van der Waals surface area contributed by atoms with E-state index in [0.29, 0.717) is 5.70 Å². The summed E-state index contributed by atoms with van der Waals surface area (Å²) in [6, 6.07) is 0. The minimum absolute atomic E-state index is 0.0792. The van der Waals surface area contributed by atoms with Gasteiger partial charge in [0.15, 0.2) is 0 Å². The quantitative estimate of drug-likeness (QED) is 0.666. The Kier molecular flexibility index (Phi) is 2.10. The van der Waals surface area contributed by atoms with Gasteiger partial charge in [0.2, 0.25) is 0 Å². The molecular formula is C8H13NO3. The van der Waals surface area contributed by atoms with Crippen LogP contribution in [0.5, 0.6) is 0 Å². The SMILES string of the molecule is C=C1N(CCO)C(=O)OC1(C)C. The van der Waals surface area contributed by atoms with E-state index in [9.17, 15) is 4.79 Å². The molecule has 1 aliphatic heterocycles. The molecule has 0 aromatic rings. The lowest BCUT2D eigenvalue weighted by Crippen LogP contribution is -2.27. The lowest BCUT2D eigenvalue weighted by atomic mass is 10.1. The Bertz CT molecular complexity index is 222. The van der Waals surface area contributed by atoms with Gasteiger partial charge < -0.3 is 9.84 Å². The second-order valence-corrected chi connectivity index (χ2v) is 3.20. The third-order valence-electron chi connectivity index (χ3n) is 1.91. The van der Waals surface area contributed by atoms with Crippen LogP contribution >= 0.6 is 0 Å². The molecule has 1 aliphatic rings. The average Bonchev–Trinajstić information content (AvgIpc) is 2.13. The van der Waals surface area contributed by atoms with Crippen molar-refractivity contribution in [3.05, 3.63) is 12.3 Å². The van der Waals surface area contributed by atoms with E-state index in [1.807, 2.05) is 0 Å². The van der Waals surface area contributed by atoms with Crippen molar-refractivity contribution in [1.29, 1.82) is 0 Å². The van der Waals surface area contributed by atoms with Gasteiger partial charge in [-0.15, -0.1) is 0 Å². The van der Waals surface area contributed by atoms with Crippen LogP contribution in [0.25, 0.3) is 0 Å². The Balaban J connectivity index is 2.78. The van der Waals surface area contributed by atoms with Crippen molar-refractivity contribution in [3.63, 3.8) is 0 Å². The van der Waals surface area contributed by atoms with E-state index >= 15 is 0 Å². The number of ether oxygens (including phenoxy) is 1. The van der Waals surface area contributed by atoms with Crippen molar-refractivity contribution >= 4 is 6.09 Å². The molecular weight excluding hydrogens is 158 g/mol. The standard InChI is InChI=1S/C8H13NO3/c1-6-8(2,3)12-7(11)9(6)4-5-10/h10H,1,4-5H2,2-3H3. The zero-order valence-corrected chi connectivity index (χ0v) is 7.33. The fourth-order valence-electron chi connectivity index (χ4n) is 1.09. The predicted octanol–water partition coefficient (Wildman–Crippen LogP) is 0.723. The maximum atomic E-state index is 11.1. The molecule has 12 heavy (non-hydrogen) atoms. The van der Waals surface area contributed by atoms with E-state index < -0.39 is 11.7 Å². The first-order valence-electron chi connectivity index (χ1n) is 3.80. The van der Waals surface area contributed by atoms with Crippen LogP contribution in [-0.4, -0.2) is 34.9 Å². The van der Waals surface area contributed by atoms with Crippen LogP contribution in [-0.2, 0) is 4.74 Å². The maximum absolute atomic E-state index is 11.1. The summed E-state index contributed by atoms with van der Waals surface area (Å²) in [5, 5.41) is 8.64. The first-order valence-corrected chi connectivity index (χ1v) is 3.80. The number of hydrogen-bond donors (Lipinski definition) is 1. The maximum Gasteiger partial charge on any atom is 0.415 e. The lowest BCUT2D eigenvalue weighted by Gasteiger charge is -2.18. The van der Waals surface area contributed by atoms with Gasteiger partial charge in [0.25, 0.3) is 0 Å². The fourth-order valence-corrected chi connectivity index (χ4v) is 1.09. The van der Waals surface area contributed by atoms with Crippen LogP contribution in [0.3, 0.4) is 0 Å². The molecule has 1 rings (SSSR count). The number of amides is 1. The molecule has 4 nitrogen and oxygen atoms in total. The molecule has 1 saturated heterocycles. The summed E-state index contributed by atoms with van der Waals surface area (Å²) < 4.78 is 5.00. The zero-order chi connectivity index (χ0) is 9.35. The van der Waals surface area contributed by atoms with Gasteiger partial charge in [0.05, 0.1) is 18.8 Å². The highest BCUT2D eigenvalue weighted by Crippen LogP contribution is 2.30. The van der Waals surface area contributed by atoms with Gasteiger partial charge in [-0.25, -0.2) is 4.79 Å². The van der Waals surface area contributed by atoms with Crippen LogP contribution in [0, 0.1) is 0 Å². The summed E-state index contributed by atoms with van der Waals surface area (Å²) in [5.74, 6) is 0. The normalized spacial score (nSPS) is 21.4. The third kappa shape index (κ3) is 1.30. The molecule has 0 unspecified atom stereocenters. The number of β-amino-alcohol motifs (C(OH)–C–C–N with tert-alkyl or cyclic N) is 1. The van der Waals surface area contributed by atoms with Crippen LogP contribution in [0.4, 0.5) is 4.79 Å². The van der Waals surface area contributed by atoms with Gasteiger partial charge in [-0.1, -0.05) is 6.58 Å². The highest BCUT2D eigenvalue weighted by atomic mass is 16.6. The Morgan fingerprint density at radius 2 is 2.25 bits per heavy atom. The third-order valence-corrected chi connectivity index (χ3v) is 1.91. The van der Waals surface area contributed by atoms with Crippen molar-refractivity contribution in [2.45, 2.75) is 19.4 Å². The minimum atomic E-state index is -0.633. The second kappa shape index (κ2) is 2.79. The molecule has 1 heterocycles. The monoisotopic (exact) mass is 171 g/mol. The van der Waals surface area contributed by atoms with Crippen molar-refractivity contribution in [2.24, 2.45) is 0 Å². The summed E-state index contributed by atoms with van der Waals surface area (Å²) in [4.78, 5) is 12.5. The molecule has 0 spiro atoms. The summed E-state index contributed by atoms with van der Waals surface area (Å²) in [6.45, 7) is 7.44. The smallest absolute Gasteiger partial charge is 0.415 e. The number of aliphatic hydroxyl groups is 1. The van der Waals surface area contributed by atoms with Gasteiger partial charge >= 0.3 is 6.09 Å². The van der Waals surface area contributed by atoms with Crippen LogP contribution in [0.1, 0.15) is 13.8 Å². The summed E-state index contributed by atoms with van der Waals surface area (Å²) in [7, 11) is 0. The number of hydrogen-bond acceptors (Lipinski definition) is 3. The first kappa shape index (κ1) is 9.06. The average molecular weight is 171 g/mol. The molecule has 68 valence electrons. The number of nitrogens with zero attached hydrogens (tertiary/aromatic N) is 1. The number of carbonyl (C=O) groups excluding carboxylic acids is 1. The van der Waals surface area contributed by atoms with Gasteiger partial charge in [-0.2, -0.15) is 0 Å². The van der Waals surface area contributed by atoms with E-state index in [2.05, 4.69) is 6.58 Å². The molecule has 1 fully saturated rings. The Morgan fingerprint density at radius 3 is 2.58 bits per heavy atom. The number of rotatable bonds is 2. The predicted molar refractivity (Wildman–Crippen MR) is 43.5 cm³/mol. The second-order valence-electron chi connectivity index (χ2n) is 3.20. The summed E-state index contributed by atoms with van der Waals surface area (Å²) in [5.41, 5.74) is -0.0340. The van der Waals surface area contributed by atoms with Crippen molar-refractivity contribution in [2.75, 3.05) is 13.2 Å². The Labute approximate surface area is 71.4 Å². The molecule has 0 aliphatic carbocycles. The highest BCUT2D eigenvalue weighted by Gasteiger charge is 2.41. The van der Waals surface area contributed by atoms with Crippen LogP contribution < -0.4 is 0 Å². The van der Waals surface area contributed by atoms with Crippen molar-refractivity contribution in [3.8, 4) is 0 Å². The zero-order valence-electron chi connectivity index (χ0n) is 7.33. The number of cyclic esters (lactones) is 1. The van der Waals surface area contributed by atoms with Gasteiger partial charge in [0.1, 0.15) is 5.60 Å². The molecule has 0 radical (unpaired) electrons. The summed E-state index contributed by atoms with van der Waals surface area (Å²) >= 11 is 0. The number of carbonyl (C=O) groups is 1. The topological polar surface area (TPSA) is 49.8 Å². The van der Waals surface area contributed by atoms with Gasteiger partial charge in [0, 0.05) is 0 Å². The van der Waals surface area contributed by atoms with E-state index in [1.165, 1.54) is 4.90 Å². The van der Waals surface area contributed by atoms with Crippen LogP contribution in [0.15, 0.2) is 12.3 Å². The van der Waals surface area contributed by atoms with E-state index in [4.69, 9.17) is 9.84 Å². The first-order chi connectivity index (χ1) is 5.49. The van der Waals surface area contributed by atoms with E-state index in [-0.39, 0.29) is 13.2 Å². The largest absolute Gasteiger partial charge is 0.437 e. The molecule has 4 heteroatoms. The van der Waals surface area contributed by atoms with Crippen LogP contribution in [0.2, 0.25) is 0 Å². The van der Waals surface area contributed by atoms with E-state index in [0.717, 1.165) is 0 Å². The molecule has 1 N–H and O–H groups in total. The minimum Gasteiger partial charge on any atom is -0.437 e. The molecule has 0 saturated carbocycles. The molecule has 0 bridgehead atoms.